The lowest BCUT2D eigenvalue weighted by atomic mass is 9.74. The van der Waals surface area contributed by atoms with Gasteiger partial charge in [-0.15, -0.1) is 0 Å². The second-order valence-corrected chi connectivity index (χ2v) is 16.4. The van der Waals surface area contributed by atoms with Gasteiger partial charge in [-0.2, -0.15) is 9.97 Å². The van der Waals surface area contributed by atoms with Crippen molar-refractivity contribution in [1.82, 2.24) is 19.9 Å². The molecule has 1 unspecified atom stereocenters. The van der Waals surface area contributed by atoms with Crippen LogP contribution in [0.2, 0.25) is 0 Å². The number of phenolic OH excluding ortho intramolecular Hbond substituents is 1. The number of aliphatic hydroxyl groups is 2. The number of aliphatic hydroxyl groups excluding tert-OH is 1. The third kappa shape index (κ3) is 6.42. The van der Waals surface area contributed by atoms with E-state index in [1.165, 1.54) is 31.4 Å². The van der Waals surface area contributed by atoms with Gasteiger partial charge in [0.1, 0.15) is 45.2 Å². The van der Waals surface area contributed by atoms with Crippen LogP contribution in [0.3, 0.4) is 0 Å². The minimum atomic E-state index is -1.37. The molecule has 4 aromatic rings. The average molecular weight is 764 g/mol. The molecule has 5 aliphatic rings. The Hall–Kier alpha value is -3.99. The third-order valence-corrected chi connectivity index (χ3v) is 12.4. The highest BCUT2D eigenvalue weighted by Crippen LogP contribution is 2.50. The maximum absolute atomic E-state index is 17.3. The summed E-state index contributed by atoms with van der Waals surface area (Å²) in [4.78, 5) is 18.4. The van der Waals surface area contributed by atoms with Crippen LogP contribution in [-0.4, -0.2) is 131 Å². The van der Waals surface area contributed by atoms with Gasteiger partial charge in [0.05, 0.1) is 59.4 Å². The number of likely N-dealkylation sites (tertiary alicyclic amines) is 1. The lowest BCUT2D eigenvalue weighted by molar-refractivity contribution is -0.184. The number of ether oxygens (including phenoxy) is 5. The van der Waals surface area contributed by atoms with Gasteiger partial charge in [0.15, 0.2) is 5.82 Å². The van der Waals surface area contributed by atoms with Crippen molar-refractivity contribution in [1.29, 1.82) is 0 Å². The van der Waals surface area contributed by atoms with E-state index >= 15 is 8.78 Å². The third-order valence-electron chi connectivity index (χ3n) is 12.4. The molecule has 4 saturated heterocycles. The summed E-state index contributed by atoms with van der Waals surface area (Å²) in [6.07, 6.45) is 5.28. The van der Waals surface area contributed by atoms with Crippen LogP contribution in [0, 0.1) is 17.0 Å². The first-order chi connectivity index (χ1) is 26.5. The minimum Gasteiger partial charge on any atom is -0.508 e. The van der Waals surface area contributed by atoms with Gasteiger partial charge < -0.3 is 43.9 Å². The van der Waals surface area contributed by atoms with Crippen molar-refractivity contribution < 1.29 is 47.8 Å². The second-order valence-electron chi connectivity index (χ2n) is 16.4. The molecule has 1 aliphatic carbocycles. The Balaban J connectivity index is 1.15. The normalized spacial score (nSPS) is 29.4. The van der Waals surface area contributed by atoms with Gasteiger partial charge in [-0.05, 0) is 69.2 Å². The lowest BCUT2D eigenvalue weighted by Crippen LogP contribution is -2.56. The molecule has 5 atom stereocenters. The number of anilines is 1. The number of rotatable bonds is 8. The molecule has 5 fully saturated rings. The van der Waals surface area contributed by atoms with Gasteiger partial charge >= 0.3 is 6.01 Å². The second kappa shape index (κ2) is 13.9. The van der Waals surface area contributed by atoms with Crippen molar-refractivity contribution in [3.63, 3.8) is 0 Å². The molecule has 13 nitrogen and oxygen atoms in total. The predicted molar refractivity (Wildman–Crippen MR) is 197 cm³/mol. The average Bonchev–Trinajstić information content (AvgIpc) is 3.77. The highest BCUT2D eigenvalue weighted by Gasteiger charge is 2.54. The Morgan fingerprint density at radius 3 is 2.65 bits per heavy atom. The number of phenols is 1. The van der Waals surface area contributed by atoms with Gasteiger partial charge in [0.2, 0.25) is 5.88 Å². The fourth-order valence-corrected chi connectivity index (χ4v) is 9.81. The van der Waals surface area contributed by atoms with Gasteiger partial charge in [-0.25, -0.2) is 13.8 Å². The summed E-state index contributed by atoms with van der Waals surface area (Å²) in [5.74, 6) is -1.60. The van der Waals surface area contributed by atoms with E-state index in [4.69, 9.17) is 28.7 Å². The summed E-state index contributed by atoms with van der Waals surface area (Å²) in [5.41, 5.74) is -2.17. The summed E-state index contributed by atoms with van der Waals surface area (Å²) in [7, 11) is 1.38. The van der Waals surface area contributed by atoms with Crippen LogP contribution in [0.4, 0.5) is 14.6 Å². The molecule has 9 rings (SSSR count). The Morgan fingerprint density at radius 2 is 1.89 bits per heavy atom. The van der Waals surface area contributed by atoms with Crippen LogP contribution < -0.4 is 14.4 Å². The van der Waals surface area contributed by atoms with E-state index in [9.17, 15) is 15.3 Å². The van der Waals surface area contributed by atoms with Crippen LogP contribution in [0.5, 0.6) is 17.6 Å². The molecule has 3 N–H and O–H groups in total. The van der Waals surface area contributed by atoms with Crippen molar-refractivity contribution in [3.8, 4) is 28.9 Å². The molecule has 4 aliphatic heterocycles. The number of hydrogen-bond acceptors (Lipinski definition) is 13. The summed E-state index contributed by atoms with van der Waals surface area (Å²) in [5, 5.41) is 32.6. The van der Waals surface area contributed by atoms with Crippen LogP contribution in [0.25, 0.3) is 32.9 Å². The topological polar surface area (TPSA) is 152 Å². The van der Waals surface area contributed by atoms with E-state index in [1.807, 2.05) is 0 Å². The predicted octanol–water partition coefficient (Wildman–Crippen LogP) is 4.36. The van der Waals surface area contributed by atoms with Crippen molar-refractivity contribution >= 4 is 27.5 Å². The van der Waals surface area contributed by atoms with E-state index in [1.54, 1.807) is 17.9 Å². The van der Waals surface area contributed by atoms with Gasteiger partial charge in [-0.1, -0.05) is 18.6 Å². The van der Waals surface area contributed by atoms with E-state index < -0.39 is 23.3 Å². The van der Waals surface area contributed by atoms with Gasteiger partial charge in [0.25, 0.3) is 0 Å². The van der Waals surface area contributed by atoms with Crippen LogP contribution in [0.15, 0.2) is 30.3 Å². The quantitative estimate of drug-likeness (QED) is 0.234. The molecule has 2 aromatic carbocycles. The lowest BCUT2D eigenvalue weighted by Gasteiger charge is -2.48. The molecule has 6 heterocycles. The Morgan fingerprint density at radius 1 is 1.05 bits per heavy atom. The van der Waals surface area contributed by atoms with Crippen LogP contribution in [0.1, 0.15) is 45.4 Å². The number of halogens is 2. The van der Waals surface area contributed by atoms with E-state index in [2.05, 4.69) is 14.9 Å². The fraction of sp³-hybridized carbons (Fsp3) is 0.575. The molecule has 1 spiro atoms. The van der Waals surface area contributed by atoms with Crippen molar-refractivity contribution in [2.24, 2.45) is 5.41 Å². The van der Waals surface area contributed by atoms with Crippen LogP contribution >= 0.6 is 0 Å². The monoisotopic (exact) mass is 763 g/mol. The maximum Gasteiger partial charge on any atom is 0.319 e. The summed E-state index contributed by atoms with van der Waals surface area (Å²) in [6, 6.07) is 7.56. The highest BCUT2D eigenvalue weighted by atomic mass is 19.1. The van der Waals surface area contributed by atoms with E-state index in [-0.39, 0.29) is 94.4 Å². The minimum absolute atomic E-state index is 0.0148. The first-order valence-corrected chi connectivity index (χ1v) is 19.2. The number of aromatic nitrogens is 3. The van der Waals surface area contributed by atoms with E-state index in [0.29, 0.717) is 37.9 Å². The molecular formula is C40H47F2N5O8. The number of methoxy groups -OCH3 is 1. The first-order valence-electron chi connectivity index (χ1n) is 19.2. The number of pyridine rings is 1. The standard InChI is InChI=1S/C40H47F2N5O8/c1-38(50)18-46(15-26(16-48)53-19-38)35-31-34(32(42)33(43-36(31)51-2)27-13-25(49)12-23-6-3-7-28(41)30(23)27)44-37(45-35)54-20-39-9-4-8-29(39)47(11-5-10-39)24-14-40(55-17-24)21-52-22-40/h3,6-7,12-13,24,26,29,48-50H,4-5,8-11,14-22H2,1-2H3/t24?,26-,29-,38+,39-/m1/s1. The smallest absolute Gasteiger partial charge is 0.319 e. The zero-order chi connectivity index (χ0) is 38.1. The first kappa shape index (κ1) is 36.6. The molecule has 0 bridgehead atoms. The molecule has 55 heavy (non-hydrogen) atoms. The van der Waals surface area contributed by atoms with Crippen molar-refractivity contribution in [2.45, 2.75) is 74.8 Å². The van der Waals surface area contributed by atoms with E-state index in [0.717, 1.165) is 45.1 Å². The summed E-state index contributed by atoms with van der Waals surface area (Å²) < 4.78 is 62.6. The Labute approximate surface area is 317 Å². The largest absolute Gasteiger partial charge is 0.508 e. The molecule has 294 valence electrons. The number of β-amino-alcohol motifs (C(OH)–C–C–N with tert-alkyl or cyclic N) is 1. The SMILES string of the molecule is COc1nc(-c2cc(O)cc3cccc(F)c23)c(F)c2nc(OC[C@]34CCC[C@H]3N(C3COC5(COC5)C3)CCC4)nc(N3C[C@H](CO)OC[C@@](C)(O)C3)c12. The Kier molecular flexibility index (Phi) is 9.25. The number of piperidine rings is 1. The zero-order valence-electron chi connectivity index (χ0n) is 31.1. The molecule has 0 radical (unpaired) electrons. The molecule has 0 amide bonds. The van der Waals surface area contributed by atoms with Gasteiger partial charge in [0, 0.05) is 35.0 Å². The number of benzene rings is 2. The number of nitrogens with zero attached hydrogens (tertiary/aromatic N) is 5. The molecule has 15 heteroatoms. The molecule has 1 saturated carbocycles. The molecule has 2 aromatic heterocycles. The fourth-order valence-electron chi connectivity index (χ4n) is 9.81. The Bertz CT molecular complexity index is 2120. The number of aromatic hydroxyl groups is 1. The molecular weight excluding hydrogens is 716 g/mol. The maximum atomic E-state index is 17.3. The number of hydrogen-bond donors (Lipinski definition) is 3. The van der Waals surface area contributed by atoms with Crippen molar-refractivity contribution in [2.75, 3.05) is 71.3 Å². The van der Waals surface area contributed by atoms with Crippen LogP contribution in [-0.2, 0) is 14.2 Å². The van der Waals surface area contributed by atoms with Gasteiger partial charge in [-0.3, -0.25) is 4.90 Å². The summed E-state index contributed by atoms with van der Waals surface area (Å²) >= 11 is 0. The zero-order valence-corrected chi connectivity index (χ0v) is 31.1. The number of fused-ring (bicyclic) bond motifs is 3. The highest BCUT2D eigenvalue weighted by molar-refractivity contribution is 6.02. The summed E-state index contributed by atoms with van der Waals surface area (Å²) in [6.45, 7) is 4.61. The van der Waals surface area contributed by atoms with Crippen molar-refractivity contribution in [3.05, 3.63) is 42.0 Å².